The van der Waals surface area contributed by atoms with Crippen molar-refractivity contribution in [3.05, 3.63) is 42.4 Å². The van der Waals surface area contributed by atoms with Crippen molar-refractivity contribution in [3.8, 4) is 11.5 Å². The number of rotatable bonds is 11. The van der Waals surface area contributed by atoms with E-state index in [1.165, 1.54) is 55.6 Å². The molecule has 1 saturated heterocycles. The molecule has 42 heavy (non-hydrogen) atoms. The van der Waals surface area contributed by atoms with E-state index in [9.17, 15) is 33.4 Å². The van der Waals surface area contributed by atoms with Gasteiger partial charge in [0.25, 0.3) is 5.91 Å². The Morgan fingerprint density at radius 1 is 1.02 bits per heavy atom. The molecule has 6 atom stereocenters. The fourth-order valence-electron chi connectivity index (χ4n) is 3.86. The Morgan fingerprint density at radius 3 is 2.26 bits per heavy atom. The van der Waals surface area contributed by atoms with Gasteiger partial charge in [-0.1, -0.05) is 0 Å². The van der Waals surface area contributed by atoms with Gasteiger partial charge >= 0.3 is 23.5 Å². The average Bonchev–Trinajstić information content (AvgIpc) is 3.43. The molecule has 0 aliphatic carbocycles. The molecular weight excluding hydrogens is 631 g/mol. The van der Waals surface area contributed by atoms with Gasteiger partial charge < -0.3 is 49.9 Å². The average molecular weight is 655 g/mol. The van der Waals surface area contributed by atoms with E-state index in [-0.39, 0.29) is 33.9 Å². The second-order valence-corrected chi connectivity index (χ2v) is 12.8. The summed E-state index contributed by atoms with van der Waals surface area (Å²) in [4.78, 5) is 58.5. The van der Waals surface area contributed by atoms with Gasteiger partial charge in [-0.25, -0.2) is 23.7 Å². The molecule has 3 unspecified atom stereocenters. The Bertz CT molecular complexity index is 1610. The van der Waals surface area contributed by atoms with Crippen molar-refractivity contribution in [1.82, 2.24) is 19.9 Å². The third kappa shape index (κ3) is 7.33. The number of carbonyl (C=O) groups excluding carboxylic acids is 1. The van der Waals surface area contributed by atoms with E-state index in [1.54, 1.807) is 0 Å². The summed E-state index contributed by atoms with van der Waals surface area (Å²) in [5, 5.41) is 13.5. The van der Waals surface area contributed by atoms with Crippen molar-refractivity contribution in [2.45, 2.75) is 24.7 Å². The summed E-state index contributed by atoms with van der Waals surface area (Å²) >= 11 is 0. The van der Waals surface area contributed by atoms with Crippen molar-refractivity contribution in [2.24, 2.45) is 0 Å². The summed E-state index contributed by atoms with van der Waals surface area (Å²) in [6.07, 6.45) is -2.91. The number of aliphatic hydroxyl groups excluding tert-OH is 1. The van der Waals surface area contributed by atoms with E-state index in [0.29, 0.717) is 0 Å². The van der Waals surface area contributed by atoms with Crippen molar-refractivity contribution in [2.75, 3.05) is 20.0 Å². The predicted molar refractivity (Wildman–Crippen MR) is 138 cm³/mol. The number of imidazole rings is 1. The second-order valence-electron chi connectivity index (χ2n) is 8.41. The zero-order valence-electron chi connectivity index (χ0n) is 21.4. The number of nitrogens with one attached hydrogen (secondary N) is 1. The molecule has 230 valence electrons. The minimum atomic E-state index is -5.90. The number of carbonyl (C=O) groups is 1. The number of benzene rings is 1. The molecule has 3 heterocycles. The smallest absolute Gasteiger partial charge is 0.490 e. The number of nitrogens with two attached hydrogens (primary N) is 1. The molecule has 1 amide bonds. The highest BCUT2D eigenvalue weighted by Crippen LogP contribution is 2.67. The highest BCUT2D eigenvalue weighted by Gasteiger charge is 2.51. The second kappa shape index (κ2) is 12.0. The van der Waals surface area contributed by atoms with E-state index >= 15 is 0 Å². The van der Waals surface area contributed by atoms with Crippen molar-refractivity contribution in [1.29, 1.82) is 0 Å². The van der Waals surface area contributed by atoms with Gasteiger partial charge in [0.2, 0.25) is 0 Å². The zero-order chi connectivity index (χ0) is 31.0. The first kappa shape index (κ1) is 32.0. The maximum absolute atomic E-state index is 13.2. The predicted octanol–water partition coefficient (Wildman–Crippen LogP) is 0.388. The molecule has 23 heteroatoms. The van der Waals surface area contributed by atoms with E-state index in [4.69, 9.17) is 34.3 Å². The molecule has 1 aromatic carbocycles. The number of methoxy groups -OCH3 is 2. The SMILES string of the molecule is COc1cc(OC)cc(C(=O)N[C@@H]2C(O)[C@H](n3cnc4c(N)ccnc43)O[C@@H]2OP(=O)(O)OP(=O)(O)OP(=O)(O)O)c1. The Balaban J connectivity index is 1.67. The van der Waals surface area contributed by atoms with E-state index in [0.717, 1.165) is 0 Å². The number of hydrogen-bond donors (Lipinski definition) is 7. The van der Waals surface area contributed by atoms with Crippen LogP contribution in [0.3, 0.4) is 0 Å². The van der Waals surface area contributed by atoms with Gasteiger partial charge in [0.15, 0.2) is 18.2 Å². The molecule has 0 spiro atoms. The van der Waals surface area contributed by atoms with Crippen LogP contribution in [-0.4, -0.2) is 77.8 Å². The van der Waals surface area contributed by atoms with Gasteiger partial charge in [-0.3, -0.25) is 13.9 Å². The van der Waals surface area contributed by atoms with Crippen LogP contribution in [0.25, 0.3) is 11.2 Å². The molecule has 1 aliphatic heterocycles. The quantitative estimate of drug-likeness (QED) is 0.137. The number of pyridine rings is 1. The number of anilines is 1. The lowest BCUT2D eigenvalue weighted by Crippen LogP contribution is -2.47. The number of fused-ring (bicyclic) bond motifs is 1. The van der Waals surface area contributed by atoms with Crippen LogP contribution in [0, 0.1) is 0 Å². The standard InChI is InChI=1S/C19H24N5O15P3/c1-34-10-5-9(6-11(7-10)35-2)17(26)23-14-15(25)18(24-8-22-13-12(20)3-4-21-16(13)24)36-19(14)37-41(30,31)39-42(32,33)38-40(27,28)29/h3-8,14-15,18-19,25H,1-2H3,(H2,20,21)(H,23,26)(H,30,31)(H,32,33)(H2,27,28,29)/t14-,15?,18-,19-/m1/s1. The fourth-order valence-corrected chi connectivity index (χ4v) is 6.96. The highest BCUT2D eigenvalue weighted by molar-refractivity contribution is 7.66. The summed E-state index contributed by atoms with van der Waals surface area (Å²) in [5.74, 6) is -0.448. The molecule has 1 fully saturated rings. The third-order valence-corrected chi connectivity index (χ3v) is 9.36. The number of ether oxygens (including phenoxy) is 3. The van der Waals surface area contributed by atoms with Crippen LogP contribution in [0.1, 0.15) is 16.6 Å². The highest BCUT2D eigenvalue weighted by atomic mass is 31.3. The number of phosphoric ester groups is 1. The lowest BCUT2D eigenvalue weighted by molar-refractivity contribution is -0.117. The summed E-state index contributed by atoms with van der Waals surface area (Å²) in [5.41, 5.74) is 6.36. The summed E-state index contributed by atoms with van der Waals surface area (Å²) in [6, 6.07) is 3.84. The van der Waals surface area contributed by atoms with E-state index in [2.05, 4.69) is 23.9 Å². The van der Waals surface area contributed by atoms with Gasteiger partial charge in [0.1, 0.15) is 29.2 Å². The van der Waals surface area contributed by atoms with Gasteiger partial charge in [-0.05, 0) is 18.2 Å². The number of nitrogen functional groups attached to an aromatic ring is 1. The minimum absolute atomic E-state index is 0.0542. The van der Waals surface area contributed by atoms with Crippen LogP contribution in [-0.2, 0) is 31.6 Å². The molecule has 0 radical (unpaired) electrons. The summed E-state index contributed by atoms with van der Waals surface area (Å²) in [6.45, 7) is 0. The van der Waals surface area contributed by atoms with Crippen LogP contribution in [0.4, 0.5) is 5.69 Å². The molecule has 20 nitrogen and oxygen atoms in total. The lowest BCUT2D eigenvalue weighted by Gasteiger charge is -2.24. The first-order chi connectivity index (χ1) is 19.5. The largest absolute Gasteiger partial charge is 0.497 e. The van der Waals surface area contributed by atoms with Crippen molar-refractivity contribution >= 4 is 46.2 Å². The number of phosphoric acid groups is 3. The number of aromatic nitrogens is 3. The first-order valence-corrected chi connectivity index (χ1v) is 15.8. The third-order valence-electron chi connectivity index (χ3n) is 5.56. The van der Waals surface area contributed by atoms with Crippen LogP contribution in [0.5, 0.6) is 11.5 Å². The van der Waals surface area contributed by atoms with Crippen LogP contribution in [0.2, 0.25) is 0 Å². The minimum Gasteiger partial charge on any atom is -0.497 e. The monoisotopic (exact) mass is 655 g/mol. The van der Waals surface area contributed by atoms with Gasteiger partial charge in [0, 0.05) is 17.8 Å². The summed E-state index contributed by atoms with van der Waals surface area (Å²) < 4.78 is 64.7. The molecule has 1 aliphatic rings. The topological polar surface area (TPSA) is 294 Å². The van der Waals surface area contributed by atoms with Crippen LogP contribution < -0.4 is 20.5 Å². The first-order valence-electron chi connectivity index (χ1n) is 11.3. The summed E-state index contributed by atoms with van der Waals surface area (Å²) in [7, 11) is -14.7. The number of aliphatic hydroxyl groups is 1. The van der Waals surface area contributed by atoms with Crippen LogP contribution >= 0.6 is 23.5 Å². The zero-order valence-corrected chi connectivity index (χ0v) is 24.0. The molecule has 0 saturated carbocycles. The number of amides is 1. The molecule has 3 aromatic rings. The maximum Gasteiger partial charge on any atom is 0.490 e. The number of nitrogens with zero attached hydrogens (tertiary/aromatic N) is 3. The van der Waals surface area contributed by atoms with Gasteiger partial charge in [0.05, 0.1) is 26.2 Å². The Kier molecular flexibility index (Phi) is 9.11. The normalized spacial score (nSPS) is 23.7. The van der Waals surface area contributed by atoms with E-state index < -0.39 is 54.0 Å². The van der Waals surface area contributed by atoms with Gasteiger partial charge in [-0.15, -0.1) is 0 Å². The maximum atomic E-state index is 13.2. The van der Waals surface area contributed by atoms with E-state index in [1.807, 2.05) is 0 Å². The Morgan fingerprint density at radius 2 is 1.67 bits per heavy atom. The van der Waals surface area contributed by atoms with Crippen molar-refractivity contribution in [3.63, 3.8) is 0 Å². The number of hydrogen-bond acceptors (Lipinski definition) is 14. The van der Waals surface area contributed by atoms with Crippen molar-refractivity contribution < 1.29 is 70.5 Å². The molecule has 2 aromatic heterocycles. The molecule has 0 bridgehead atoms. The lowest BCUT2D eigenvalue weighted by atomic mass is 10.1. The van der Waals surface area contributed by atoms with Crippen LogP contribution in [0.15, 0.2) is 36.8 Å². The Labute approximate surface area is 235 Å². The molecule has 8 N–H and O–H groups in total. The molecular formula is C19H24N5O15P3. The Hall–Kier alpha value is -2.96. The van der Waals surface area contributed by atoms with Gasteiger partial charge in [-0.2, -0.15) is 8.62 Å². The molecule has 4 rings (SSSR count). The fraction of sp³-hybridized carbons (Fsp3) is 0.316.